The van der Waals surface area contributed by atoms with E-state index in [1.807, 2.05) is 6.92 Å². The second-order valence-corrected chi connectivity index (χ2v) is 4.87. The molecule has 0 amide bonds. The molecule has 9 nitrogen and oxygen atoms in total. The Morgan fingerprint density at radius 3 is 2.86 bits per heavy atom. The molecule has 2 N–H and O–H groups in total. The Labute approximate surface area is 134 Å². The highest BCUT2D eigenvalue weighted by Crippen LogP contribution is 2.33. The summed E-state index contributed by atoms with van der Waals surface area (Å²) in [5, 5.41) is 14.5. The Morgan fingerprint density at radius 1 is 1.50 bits per heavy atom. The molecule has 0 aliphatic rings. The Balaban J connectivity index is 2.35. The summed E-state index contributed by atoms with van der Waals surface area (Å²) in [4.78, 5) is 12.2. The minimum absolute atomic E-state index is 0.0638. The Morgan fingerprint density at radius 2 is 2.27 bits per heavy atom. The van der Waals surface area contributed by atoms with Crippen molar-refractivity contribution in [2.24, 2.45) is 5.10 Å². The molecule has 0 spiro atoms. The normalized spacial score (nSPS) is 10.9. The highest BCUT2D eigenvalue weighted by Gasteiger charge is 2.12. The van der Waals surface area contributed by atoms with Crippen molar-refractivity contribution in [1.82, 2.24) is 20.3 Å². The summed E-state index contributed by atoms with van der Waals surface area (Å²) in [5.74, 6) is 0.372. The Hall–Kier alpha value is -2.49. The number of aromatic nitrogens is 4. The molecule has 2 rings (SSSR count). The van der Waals surface area contributed by atoms with Crippen LogP contribution in [0, 0.1) is 0 Å². The van der Waals surface area contributed by atoms with Gasteiger partial charge in [-0.25, -0.2) is 0 Å². The summed E-state index contributed by atoms with van der Waals surface area (Å²) in [6, 6.07) is 3.30. The van der Waals surface area contributed by atoms with Gasteiger partial charge in [0.1, 0.15) is 0 Å². The Kier molecular flexibility index (Phi) is 5.04. The third-order valence-corrected chi connectivity index (χ3v) is 3.09. The number of tetrazole rings is 1. The lowest BCUT2D eigenvalue weighted by atomic mass is 10.2. The molecule has 0 saturated heterocycles. The number of anilines is 1. The summed E-state index contributed by atoms with van der Waals surface area (Å²) in [6.07, 6.45) is 1.50. The number of carbonyl (C=O) groups excluding carboxylic acids is 1. The van der Waals surface area contributed by atoms with E-state index < -0.39 is 5.97 Å². The number of rotatable bonds is 5. The number of hydrogen-bond donors (Lipinski definition) is 1. The predicted molar refractivity (Wildman–Crippen MR) is 81.8 cm³/mol. The zero-order valence-electron chi connectivity index (χ0n) is 11.9. The van der Waals surface area contributed by atoms with Crippen molar-refractivity contribution >= 4 is 34.1 Å². The molecule has 0 bridgehead atoms. The van der Waals surface area contributed by atoms with Crippen LogP contribution in [0.2, 0.25) is 0 Å². The van der Waals surface area contributed by atoms with Crippen molar-refractivity contribution in [3.05, 3.63) is 22.2 Å². The van der Waals surface area contributed by atoms with E-state index in [2.05, 4.69) is 36.6 Å². The topological polar surface area (TPSA) is 118 Å². The molecule has 0 aliphatic heterocycles. The predicted octanol–water partition coefficient (Wildman–Crippen LogP) is 1.22. The van der Waals surface area contributed by atoms with Crippen LogP contribution in [-0.2, 0) is 4.79 Å². The molecule has 10 heteroatoms. The number of benzene rings is 1. The first-order chi connectivity index (χ1) is 10.5. The number of carbonyl (C=O) groups is 1. The van der Waals surface area contributed by atoms with Crippen molar-refractivity contribution in [3.8, 4) is 11.5 Å². The number of nitrogens with two attached hydrogens (primary N) is 1. The number of ether oxygens (including phenoxy) is 2. The van der Waals surface area contributed by atoms with Crippen molar-refractivity contribution in [2.45, 2.75) is 13.8 Å². The van der Waals surface area contributed by atoms with E-state index in [1.165, 1.54) is 13.1 Å². The smallest absolute Gasteiger partial charge is 0.308 e. The van der Waals surface area contributed by atoms with Gasteiger partial charge < -0.3 is 15.2 Å². The third kappa shape index (κ3) is 3.79. The first-order valence-corrected chi connectivity index (χ1v) is 7.03. The molecule has 0 saturated carbocycles. The molecule has 0 radical (unpaired) electrons. The van der Waals surface area contributed by atoms with Crippen LogP contribution in [0.4, 0.5) is 5.95 Å². The van der Waals surface area contributed by atoms with Gasteiger partial charge in [-0.15, -0.1) is 0 Å². The van der Waals surface area contributed by atoms with Gasteiger partial charge in [-0.05, 0) is 45.4 Å². The molecule has 0 fully saturated rings. The van der Waals surface area contributed by atoms with Gasteiger partial charge in [0.25, 0.3) is 5.95 Å². The van der Waals surface area contributed by atoms with Crippen LogP contribution in [-0.4, -0.2) is 39.1 Å². The first-order valence-electron chi connectivity index (χ1n) is 6.24. The van der Waals surface area contributed by atoms with Gasteiger partial charge in [-0.2, -0.15) is 5.10 Å². The minimum Gasteiger partial charge on any atom is -0.490 e. The van der Waals surface area contributed by atoms with Gasteiger partial charge in [0.2, 0.25) is 0 Å². The van der Waals surface area contributed by atoms with Crippen LogP contribution >= 0.6 is 15.9 Å². The number of nitrogens with zero attached hydrogens (tertiary/aromatic N) is 5. The number of esters is 1. The molecule has 0 atom stereocenters. The molecule has 2 aromatic rings. The second-order valence-electron chi connectivity index (χ2n) is 4.02. The summed E-state index contributed by atoms with van der Waals surface area (Å²) in [7, 11) is 0. The van der Waals surface area contributed by atoms with Gasteiger partial charge in [-0.1, -0.05) is 9.89 Å². The van der Waals surface area contributed by atoms with E-state index >= 15 is 0 Å². The molecule has 116 valence electrons. The van der Waals surface area contributed by atoms with Crippen molar-refractivity contribution in [2.75, 3.05) is 12.3 Å². The SMILES string of the molecule is CCOc1cc(/C=N/n2nnnc2N)c(Br)cc1OC(C)=O. The largest absolute Gasteiger partial charge is 0.490 e. The van der Waals surface area contributed by atoms with Gasteiger partial charge in [0.15, 0.2) is 11.5 Å². The van der Waals surface area contributed by atoms with Crippen LogP contribution in [0.1, 0.15) is 19.4 Å². The lowest BCUT2D eigenvalue weighted by Crippen LogP contribution is -2.05. The summed E-state index contributed by atoms with van der Waals surface area (Å²) in [5.41, 5.74) is 6.19. The van der Waals surface area contributed by atoms with Crippen molar-refractivity contribution in [1.29, 1.82) is 0 Å². The van der Waals surface area contributed by atoms with Crippen molar-refractivity contribution in [3.63, 3.8) is 0 Å². The monoisotopic (exact) mass is 368 g/mol. The van der Waals surface area contributed by atoms with Gasteiger partial charge in [-0.3, -0.25) is 4.79 Å². The summed E-state index contributed by atoms with van der Waals surface area (Å²) < 4.78 is 11.2. The summed E-state index contributed by atoms with van der Waals surface area (Å²) >= 11 is 3.37. The fourth-order valence-corrected chi connectivity index (χ4v) is 1.97. The quantitative estimate of drug-likeness (QED) is 0.478. The first kappa shape index (κ1) is 15.9. The molecule has 22 heavy (non-hydrogen) atoms. The molecular weight excluding hydrogens is 356 g/mol. The van der Waals surface area contributed by atoms with Crippen LogP contribution in [0.25, 0.3) is 0 Å². The number of hydrogen-bond acceptors (Lipinski definition) is 8. The zero-order chi connectivity index (χ0) is 16.1. The second kappa shape index (κ2) is 6.98. The van der Waals surface area contributed by atoms with Crippen LogP contribution in [0.5, 0.6) is 11.5 Å². The van der Waals surface area contributed by atoms with E-state index in [0.29, 0.717) is 28.1 Å². The highest BCUT2D eigenvalue weighted by molar-refractivity contribution is 9.10. The molecule has 1 aromatic heterocycles. The lowest BCUT2D eigenvalue weighted by Gasteiger charge is -2.11. The maximum Gasteiger partial charge on any atom is 0.308 e. The number of halogens is 1. The number of nitrogen functional groups attached to an aromatic ring is 1. The maximum atomic E-state index is 11.1. The zero-order valence-corrected chi connectivity index (χ0v) is 13.4. The summed E-state index contributed by atoms with van der Waals surface area (Å²) in [6.45, 7) is 3.57. The van der Waals surface area contributed by atoms with Gasteiger partial charge in [0.05, 0.1) is 12.8 Å². The molecule has 1 heterocycles. The Bertz CT molecular complexity index is 715. The highest BCUT2D eigenvalue weighted by atomic mass is 79.9. The third-order valence-electron chi connectivity index (χ3n) is 2.40. The van der Waals surface area contributed by atoms with E-state index in [4.69, 9.17) is 15.2 Å². The minimum atomic E-state index is -0.435. The maximum absolute atomic E-state index is 11.1. The average molecular weight is 369 g/mol. The van der Waals surface area contributed by atoms with Gasteiger partial charge >= 0.3 is 5.97 Å². The van der Waals surface area contributed by atoms with Crippen LogP contribution in [0.15, 0.2) is 21.7 Å². The van der Waals surface area contributed by atoms with Crippen molar-refractivity contribution < 1.29 is 14.3 Å². The van der Waals surface area contributed by atoms with Crippen LogP contribution < -0.4 is 15.2 Å². The standard InChI is InChI=1S/C12H13BrN6O3/c1-3-21-10-4-8(6-15-19-12(14)16-17-18-19)9(13)5-11(10)22-7(2)20/h4-6H,3H2,1-2H3,(H2,14,16,18)/b15-6+. The van der Waals surface area contributed by atoms with Gasteiger partial charge in [0, 0.05) is 17.0 Å². The van der Waals surface area contributed by atoms with E-state index in [0.717, 1.165) is 4.79 Å². The van der Waals surface area contributed by atoms with E-state index in [1.54, 1.807) is 12.1 Å². The van der Waals surface area contributed by atoms with E-state index in [-0.39, 0.29) is 5.95 Å². The van der Waals surface area contributed by atoms with E-state index in [9.17, 15) is 4.79 Å². The fraction of sp³-hybridized carbons (Fsp3) is 0.250. The molecule has 1 aromatic carbocycles. The molecular formula is C12H13BrN6O3. The lowest BCUT2D eigenvalue weighted by molar-refractivity contribution is -0.132. The fourth-order valence-electron chi connectivity index (χ4n) is 1.54. The van der Waals surface area contributed by atoms with Crippen LogP contribution in [0.3, 0.4) is 0 Å². The molecule has 0 aliphatic carbocycles. The average Bonchev–Trinajstić information content (AvgIpc) is 2.85. The molecule has 0 unspecified atom stereocenters.